The van der Waals surface area contributed by atoms with E-state index in [1.54, 1.807) is 0 Å². The summed E-state index contributed by atoms with van der Waals surface area (Å²) in [7, 11) is 2.00. The van der Waals surface area contributed by atoms with E-state index in [0.29, 0.717) is 6.07 Å². The van der Waals surface area contributed by atoms with Gasteiger partial charge in [0.25, 0.3) is 0 Å². The SMILES string of the molecule is COC(=O)c1c(F)c(F)cc(OC)c1F. The molecular formula is C9H7F3O3. The van der Waals surface area contributed by atoms with E-state index >= 15 is 0 Å². The number of ether oxygens (including phenoxy) is 2. The maximum Gasteiger partial charge on any atom is 0.344 e. The predicted octanol–water partition coefficient (Wildman–Crippen LogP) is 1.90. The Morgan fingerprint density at radius 3 is 2.27 bits per heavy atom. The van der Waals surface area contributed by atoms with Crippen LogP contribution in [0.25, 0.3) is 0 Å². The molecule has 0 aliphatic rings. The summed E-state index contributed by atoms with van der Waals surface area (Å²) in [5, 5.41) is 0. The third-order valence-corrected chi connectivity index (χ3v) is 1.73. The molecule has 15 heavy (non-hydrogen) atoms. The van der Waals surface area contributed by atoms with Crippen molar-refractivity contribution in [3.05, 3.63) is 29.1 Å². The second-order valence-electron chi connectivity index (χ2n) is 2.56. The minimum Gasteiger partial charge on any atom is -0.494 e. The van der Waals surface area contributed by atoms with Gasteiger partial charge < -0.3 is 9.47 Å². The first-order chi connectivity index (χ1) is 7.02. The van der Waals surface area contributed by atoms with Crippen LogP contribution in [0.2, 0.25) is 0 Å². The van der Waals surface area contributed by atoms with Crippen LogP contribution in [0, 0.1) is 17.5 Å². The summed E-state index contributed by atoms with van der Waals surface area (Å²) in [5.74, 6) is -6.13. The van der Waals surface area contributed by atoms with Gasteiger partial charge in [0, 0.05) is 6.07 Å². The summed E-state index contributed by atoms with van der Waals surface area (Å²) in [4.78, 5) is 11.0. The monoisotopic (exact) mass is 220 g/mol. The third-order valence-electron chi connectivity index (χ3n) is 1.73. The number of rotatable bonds is 2. The smallest absolute Gasteiger partial charge is 0.344 e. The van der Waals surface area contributed by atoms with Crippen LogP contribution < -0.4 is 4.74 Å². The molecule has 0 bridgehead atoms. The maximum atomic E-state index is 13.3. The Kier molecular flexibility index (Phi) is 3.18. The van der Waals surface area contributed by atoms with Crippen LogP contribution in [0.1, 0.15) is 10.4 Å². The van der Waals surface area contributed by atoms with Crippen molar-refractivity contribution < 1.29 is 27.4 Å². The molecule has 0 unspecified atom stereocenters. The van der Waals surface area contributed by atoms with Crippen molar-refractivity contribution in [2.45, 2.75) is 0 Å². The molecule has 0 amide bonds. The van der Waals surface area contributed by atoms with Gasteiger partial charge in [-0.15, -0.1) is 0 Å². The van der Waals surface area contributed by atoms with E-state index in [4.69, 9.17) is 0 Å². The number of hydrogen-bond donors (Lipinski definition) is 0. The third kappa shape index (κ3) is 1.88. The number of halogens is 3. The van der Waals surface area contributed by atoms with E-state index in [0.717, 1.165) is 14.2 Å². The summed E-state index contributed by atoms with van der Waals surface area (Å²) in [6.07, 6.45) is 0. The van der Waals surface area contributed by atoms with Crippen LogP contribution in [0.4, 0.5) is 13.2 Å². The largest absolute Gasteiger partial charge is 0.494 e. The molecule has 0 atom stereocenters. The molecule has 0 fully saturated rings. The molecule has 3 nitrogen and oxygen atoms in total. The highest BCUT2D eigenvalue weighted by Crippen LogP contribution is 2.26. The molecule has 1 aromatic rings. The first-order valence-corrected chi connectivity index (χ1v) is 3.82. The first-order valence-electron chi connectivity index (χ1n) is 3.82. The van der Waals surface area contributed by atoms with Crippen molar-refractivity contribution in [1.29, 1.82) is 0 Å². The first kappa shape index (κ1) is 11.4. The zero-order valence-electron chi connectivity index (χ0n) is 7.94. The van der Waals surface area contributed by atoms with Crippen LogP contribution in [0.5, 0.6) is 5.75 Å². The highest BCUT2D eigenvalue weighted by Gasteiger charge is 2.25. The molecule has 0 saturated carbocycles. The van der Waals surface area contributed by atoms with Crippen molar-refractivity contribution in [3.8, 4) is 5.75 Å². The lowest BCUT2D eigenvalue weighted by Gasteiger charge is -2.07. The Labute approximate surface area is 83.4 Å². The van der Waals surface area contributed by atoms with Gasteiger partial charge in [-0.3, -0.25) is 0 Å². The van der Waals surface area contributed by atoms with E-state index in [-0.39, 0.29) is 0 Å². The molecule has 0 saturated heterocycles. The second-order valence-corrected chi connectivity index (χ2v) is 2.56. The van der Waals surface area contributed by atoms with Gasteiger partial charge in [0.05, 0.1) is 14.2 Å². The van der Waals surface area contributed by atoms with Gasteiger partial charge in [0.2, 0.25) is 0 Å². The molecule has 0 aliphatic carbocycles. The van der Waals surface area contributed by atoms with Crippen molar-refractivity contribution in [2.24, 2.45) is 0 Å². The Hall–Kier alpha value is -1.72. The fourth-order valence-electron chi connectivity index (χ4n) is 1.01. The minimum absolute atomic E-state index is 0.511. The number of esters is 1. The van der Waals surface area contributed by atoms with Gasteiger partial charge in [-0.2, -0.15) is 0 Å². The average molecular weight is 220 g/mol. The standard InChI is InChI=1S/C9H7F3O3/c1-14-5-3-4(10)7(11)6(8(5)12)9(13)15-2/h3H,1-2H3. The van der Waals surface area contributed by atoms with Gasteiger partial charge in [-0.25, -0.2) is 18.0 Å². The van der Waals surface area contributed by atoms with Gasteiger partial charge in [0.15, 0.2) is 23.2 Å². The van der Waals surface area contributed by atoms with Gasteiger partial charge in [0.1, 0.15) is 5.56 Å². The minimum atomic E-state index is -1.60. The maximum absolute atomic E-state index is 13.3. The Balaban J connectivity index is 3.47. The summed E-state index contributed by atoms with van der Waals surface area (Å²) in [5.41, 5.74) is -1.10. The molecule has 0 radical (unpaired) electrons. The molecule has 1 rings (SSSR count). The molecule has 82 valence electrons. The number of methoxy groups -OCH3 is 2. The van der Waals surface area contributed by atoms with Crippen LogP contribution in [0.15, 0.2) is 6.07 Å². The summed E-state index contributed by atoms with van der Waals surface area (Å²) in [6, 6.07) is 0.511. The number of hydrogen-bond acceptors (Lipinski definition) is 3. The van der Waals surface area contributed by atoms with Crippen LogP contribution in [-0.2, 0) is 4.74 Å². The van der Waals surface area contributed by atoms with Crippen LogP contribution in [-0.4, -0.2) is 20.2 Å². The van der Waals surface area contributed by atoms with Crippen molar-refractivity contribution in [3.63, 3.8) is 0 Å². The highest BCUT2D eigenvalue weighted by atomic mass is 19.2. The van der Waals surface area contributed by atoms with Gasteiger partial charge in [-0.05, 0) is 0 Å². The molecule has 6 heteroatoms. The topological polar surface area (TPSA) is 35.5 Å². The highest BCUT2D eigenvalue weighted by molar-refractivity contribution is 5.90. The zero-order valence-corrected chi connectivity index (χ0v) is 7.94. The number of carbonyl (C=O) groups excluding carboxylic acids is 1. The van der Waals surface area contributed by atoms with Crippen LogP contribution >= 0.6 is 0 Å². The lowest BCUT2D eigenvalue weighted by atomic mass is 10.1. The summed E-state index contributed by atoms with van der Waals surface area (Å²) in [6.45, 7) is 0. The van der Waals surface area contributed by atoms with Gasteiger partial charge in [-0.1, -0.05) is 0 Å². The van der Waals surface area contributed by atoms with E-state index in [1.165, 1.54) is 0 Å². The Morgan fingerprint density at radius 2 is 1.80 bits per heavy atom. The Morgan fingerprint density at radius 1 is 1.20 bits per heavy atom. The summed E-state index contributed by atoms with van der Waals surface area (Å²) < 4.78 is 47.8. The van der Waals surface area contributed by atoms with Crippen molar-refractivity contribution in [2.75, 3.05) is 14.2 Å². The second kappa shape index (κ2) is 4.20. The normalized spacial score (nSPS) is 9.93. The quantitative estimate of drug-likeness (QED) is 0.564. The lowest BCUT2D eigenvalue weighted by Crippen LogP contribution is -2.10. The van der Waals surface area contributed by atoms with E-state index < -0.39 is 34.7 Å². The molecule has 0 heterocycles. The average Bonchev–Trinajstić information content (AvgIpc) is 2.23. The zero-order chi connectivity index (χ0) is 11.6. The molecule has 0 aromatic heterocycles. The number of carbonyl (C=O) groups is 1. The molecule has 0 N–H and O–H groups in total. The molecule has 0 aliphatic heterocycles. The molecule has 0 spiro atoms. The van der Waals surface area contributed by atoms with E-state index in [1.807, 2.05) is 0 Å². The Bertz CT molecular complexity index is 404. The van der Waals surface area contributed by atoms with E-state index in [2.05, 4.69) is 9.47 Å². The van der Waals surface area contributed by atoms with Crippen LogP contribution in [0.3, 0.4) is 0 Å². The molecule has 1 aromatic carbocycles. The number of benzene rings is 1. The lowest BCUT2D eigenvalue weighted by molar-refractivity contribution is 0.0587. The fraction of sp³-hybridized carbons (Fsp3) is 0.222. The van der Waals surface area contributed by atoms with Crippen molar-refractivity contribution >= 4 is 5.97 Å². The fourth-order valence-corrected chi connectivity index (χ4v) is 1.01. The van der Waals surface area contributed by atoms with E-state index in [9.17, 15) is 18.0 Å². The van der Waals surface area contributed by atoms with Gasteiger partial charge >= 0.3 is 5.97 Å². The summed E-state index contributed by atoms with van der Waals surface area (Å²) >= 11 is 0. The molecular weight excluding hydrogens is 213 g/mol. The van der Waals surface area contributed by atoms with Crippen molar-refractivity contribution in [1.82, 2.24) is 0 Å². The predicted molar refractivity (Wildman–Crippen MR) is 44.2 cm³/mol.